The number of furan rings is 1. The highest BCUT2D eigenvalue weighted by molar-refractivity contribution is 5.92. The molecule has 0 saturated heterocycles. The minimum Gasteiger partial charge on any atom is -0.459 e. The van der Waals surface area contributed by atoms with Gasteiger partial charge in [-0.25, -0.2) is 0 Å². The van der Waals surface area contributed by atoms with E-state index >= 15 is 0 Å². The molecule has 0 fully saturated rings. The van der Waals surface area contributed by atoms with E-state index in [0.29, 0.717) is 6.54 Å². The predicted molar refractivity (Wildman–Crippen MR) is 79.8 cm³/mol. The van der Waals surface area contributed by atoms with E-state index in [2.05, 4.69) is 10.6 Å². The van der Waals surface area contributed by atoms with E-state index in [9.17, 15) is 9.59 Å². The van der Waals surface area contributed by atoms with Gasteiger partial charge in [-0.1, -0.05) is 26.0 Å². The number of nitrogens with one attached hydrogen (secondary N) is 2. The van der Waals surface area contributed by atoms with Crippen LogP contribution in [0.2, 0.25) is 0 Å². The van der Waals surface area contributed by atoms with Crippen molar-refractivity contribution in [3.63, 3.8) is 0 Å². The van der Waals surface area contributed by atoms with Gasteiger partial charge in [-0.15, -0.1) is 0 Å². The van der Waals surface area contributed by atoms with Gasteiger partial charge in [0, 0.05) is 18.2 Å². The SMILES string of the molecule is CC(C)C(=O)Nc1ccc(CNC(=O)c2ccco2)cc1. The van der Waals surface area contributed by atoms with E-state index in [4.69, 9.17) is 4.42 Å². The summed E-state index contributed by atoms with van der Waals surface area (Å²) in [6.07, 6.45) is 1.46. The lowest BCUT2D eigenvalue weighted by atomic mass is 10.1. The lowest BCUT2D eigenvalue weighted by Gasteiger charge is -2.09. The molecule has 5 nitrogen and oxygen atoms in total. The molecule has 0 spiro atoms. The van der Waals surface area contributed by atoms with Crippen LogP contribution < -0.4 is 10.6 Å². The summed E-state index contributed by atoms with van der Waals surface area (Å²) in [7, 11) is 0. The van der Waals surface area contributed by atoms with E-state index in [-0.39, 0.29) is 23.5 Å². The number of hydrogen-bond acceptors (Lipinski definition) is 3. The van der Waals surface area contributed by atoms with Gasteiger partial charge in [-0.05, 0) is 29.8 Å². The fourth-order valence-electron chi connectivity index (χ4n) is 1.67. The van der Waals surface area contributed by atoms with Crippen molar-refractivity contribution in [2.75, 3.05) is 5.32 Å². The number of hydrogen-bond donors (Lipinski definition) is 2. The van der Waals surface area contributed by atoms with Crippen LogP contribution in [0.3, 0.4) is 0 Å². The first-order valence-corrected chi connectivity index (χ1v) is 6.78. The Bertz CT molecular complexity index is 601. The van der Waals surface area contributed by atoms with Gasteiger partial charge in [0.15, 0.2) is 5.76 Å². The zero-order valence-electron chi connectivity index (χ0n) is 12.1. The first kappa shape index (κ1) is 14.8. The largest absolute Gasteiger partial charge is 0.459 e. The molecule has 0 saturated carbocycles. The first-order chi connectivity index (χ1) is 10.1. The van der Waals surface area contributed by atoms with Crippen molar-refractivity contribution in [2.24, 2.45) is 5.92 Å². The molecule has 0 aliphatic carbocycles. The summed E-state index contributed by atoms with van der Waals surface area (Å²) in [5, 5.41) is 5.57. The number of amides is 2. The standard InChI is InChI=1S/C16H18N2O3/c1-11(2)15(19)18-13-7-5-12(6-8-13)10-17-16(20)14-4-3-9-21-14/h3-9,11H,10H2,1-2H3,(H,17,20)(H,18,19). The molecule has 2 N–H and O–H groups in total. The quantitative estimate of drug-likeness (QED) is 0.887. The predicted octanol–water partition coefficient (Wildman–Crippen LogP) is 2.80. The zero-order chi connectivity index (χ0) is 15.2. The van der Waals surface area contributed by atoms with Crippen LogP contribution >= 0.6 is 0 Å². The summed E-state index contributed by atoms with van der Waals surface area (Å²) >= 11 is 0. The fraction of sp³-hybridized carbons (Fsp3) is 0.250. The Hall–Kier alpha value is -2.56. The summed E-state index contributed by atoms with van der Waals surface area (Å²) in [5.41, 5.74) is 1.69. The summed E-state index contributed by atoms with van der Waals surface area (Å²) in [4.78, 5) is 23.3. The van der Waals surface area contributed by atoms with Gasteiger partial charge in [0.2, 0.25) is 5.91 Å². The monoisotopic (exact) mass is 286 g/mol. The van der Waals surface area contributed by atoms with Gasteiger partial charge in [-0.2, -0.15) is 0 Å². The van der Waals surface area contributed by atoms with E-state index in [1.807, 2.05) is 38.1 Å². The minimum atomic E-state index is -0.253. The highest BCUT2D eigenvalue weighted by Crippen LogP contribution is 2.11. The molecule has 1 aromatic heterocycles. The molecule has 2 rings (SSSR count). The molecule has 0 radical (unpaired) electrons. The second-order valence-corrected chi connectivity index (χ2v) is 5.00. The Labute approximate surface area is 123 Å². The van der Waals surface area contributed by atoms with Crippen molar-refractivity contribution in [1.29, 1.82) is 0 Å². The van der Waals surface area contributed by atoms with Crippen molar-refractivity contribution >= 4 is 17.5 Å². The third-order valence-corrected chi connectivity index (χ3v) is 2.94. The van der Waals surface area contributed by atoms with E-state index < -0.39 is 0 Å². The fourth-order valence-corrected chi connectivity index (χ4v) is 1.67. The number of anilines is 1. The highest BCUT2D eigenvalue weighted by Gasteiger charge is 2.08. The van der Waals surface area contributed by atoms with Gasteiger partial charge in [0.1, 0.15) is 0 Å². The van der Waals surface area contributed by atoms with Gasteiger partial charge < -0.3 is 15.1 Å². The molecule has 21 heavy (non-hydrogen) atoms. The van der Waals surface area contributed by atoms with Gasteiger partial charge >= 0.3 is 0 Å². The Kier molecular flexibility index (Phi) is 4.77. The van der Waals surface area contributed by atoms with Crippen LogP contribution in [0, 0.1) is 5.92 Å². The van der Waals surface area contributed by atoms with Crippen LogP contribution in [-0.4, -0.2) is 11.8 Å². The number of rotatable bonds is 5. The van der Waals surface area contributed by atoms with Crippen LogP contribution in [0.15, 0.2) is 47.1 Å². The van der Waals surface area contributed by atoms with Gasteiger partial charge in [0.05, 0.1) is 6.26 Å². The Morgan fingerprint density at radius 3 is 2.43 bits per heavy atom. The van der Waals surface area contributed by atoms with Crippen molar-refractivity contribution in [1.82, 2.24) is 5.32 Å². The van der Waals surface area contributed by atoms with E-state index in [1.165, 1.54) is 6.26 Å². The smallest absolute Gasteiger partial charge is 0.287 e. The lowest BCUT2D eigenvalue weighted by Crippen LogP contribution is -2.22. The summed E-state index contributed by atoms with van der Waals surface area (Å²) < 4.78 is 5.01. The second kappa shape index (κ2) is 6.74. The van der Waals surface area contributed by atoms with E-state index in [0.717, 1.165) is 11.3 Å². The molecule has 0 unspecified atom stereocenters. The third kappa shape index (κ3) is 4.21. The van der Waals surface area contributed by atoms with Crippen LogP contribution in [0.4, 0.5) is 5.69 Å². The summed E-state index contributed by atoms with van der Waals surface area (Å²) in [6.45, 7) is 4.08. The Morgan fingerprint density at radius 2 is 1.86 bits per heavy atom. The Morgan fingerprint density at radius 1 is 1.14 bits per heavy atom. The van der Waals surface area contributed by atoms with Crippen molar-refractivity contribution in [3.05, 3.63) is 54.0 Å². The second-order valence-electron chi connectivity index (χ2n) is 5.00. The first-order valence-electron chi connectivity index (χ1n) is 6.78. The molecule has 0 aliphatic rings. The minimum absolute atomic E-state index is 0.0196. The van der Waals surface area contributed by atoms with E-state index in [1.54, 1.807) is 12.1 Å². The summed E-state index contributed by atoms with van der Waals surface area (Å²) in [5.74, 6) is -0.0425. The highest BCUT2D eigenvalue weighted by atomic mass is 16.3. The average molecular weight is 286 g/mol. The molecule has 2 amide bonds. The molecule has 0 atom stereocenters. The van der Waals surface area contributed by atoms with Crippen LogP contribution in [0.5, 0.6) is 0 Å². The molecule has 110 valence electrons. The summed E-state index contributed by atoms with van der Waals surface area (Å²) in [6, 6.07) is 10.6. The average Bonchev–Trinajstić information content (AvgIpc) is 3.00. The van der Waals surface area contributed by atoms with Gasteiger partial charge in [0.25, 0.3) is 5.91 Å². The lowest BCUT2D eigenvalue weighted by molar-refractivity contribution is -0.118. The molecule has 1 aromatic carbocycles. The van der Waals surface area contributed by atoms with Crippen LogP contribution in [0.25, 0.3) is 0 Å². The maximum atomic E-state index is 11.7. The molecule has 5 heteroatoms. The third-order valence-electron chi connectivity index (χ3n) is 2.94. The normalized spacial score (nSPS) is 10.4. The zero-order valence-corrected chi connectivity index (χ0v) is 12.1. The van der Waals surface area contributed by atoms with Crippen LogP contribution in [-0.2, 0) is 11.3 Å². The molecular weight excluding hydrogens is 268 g/mol. The molecule has 2 aromatic rings. The molecule has 0 bridgehead atoms. The van der Waals surface area contributed by atoms with Crippen LogP contribution in [0.1, 0.15) is 30.0 Å². The van der Waals surface area contributed by atoms with Crippen molar-refractivity contribution in [2.45, 2.75) is 20.4 Å². The maximum absolute atomic E-state index is 11.7. The maximum Gasteiger partial charge on any atom is 0.287 e. The number of carbonyl (C=O) groups excluding carboxylic acids is 2. The molecule has 1 heterocycles. The molecule has 0 aliphatic heterocycles. The number of carbonyl (C=O) groups is 2. The van der Waals surface area contributed by atoms with Gasteiger partial charge in [-0.3, -0.25) is 9.59 Å². The van der Waals surface area contributed by atoms with Crippen molar-refractivity contribution < 1.29 is 14.0 Å². The Balaban J connectivity index is 1.88. The number of benzene rings is 1. The van der Waals surface area contributed by atoms with Crippen molar-refractivity contribution in [3.8, 4) is 0 Å². The topological polar surface area (TPSA) is 71.3 Å². The molecular formula is C16H18N2O3.